The summed E-state index contributed by atoms with van der Waals surface area (Å²) in [6.45, 7) is 4.74. The van der Waals surface area contributed by atoms with Gasteiger partial charge in [-0.1, -0.05) is 54.6 Å². The molecule has 2 aliphatic heterocycles. The van der Waals surface area contributed by atoms with Gasteiger partial charge in [0.1, 0.15) is 5.75 Å². The molecule has 0 aliphatic carbocycles. The number of nitrogens with one attached hydrogen (secondary N) is 2. The fourth-order valence-corrected chi connectivity index (χ4v) is 4.74. The average molecular weight is 485 g/mol. The van der Waals surface area contributed by atoms with Crippen LogP contribution in [0.3, 0.4) is 0 Å². The minimum atomic E-state index is -0.578. The Hall–Kier alpha value is -3.68. The van der Waals surface area contributed by atoms with Crippen molar-refractivity contribution in [3.05, 3.63) is 95.6 Å². The van der Waals surface area contributed by atoms with E-state index in [1.807, 2.05) is 42.5 Å². The lowest BCUT2D eigenvalue weighted by atomic mass is 10.0. The number of amides is 2. The number of hydrogen-bond acceptors (Lipinski definition) is 5. The van der Waals surface area contributed by atoms with Gasteiger partial charge in [-0.15, -0.1) is 0 Å². The molecule has 0 saturated carbocycles. The van der Waals surface area contributed by atoms with Gasteiger partial charge in [-0.2, -0.15) is 0 Å². The van der Waals surface area contributed by atoms with Gasteiger partial charge in [-0.3, -0.25) is 14.5 Å². The Kier molecular flexibility index (Phi) is 7.30. The lowest BCUT2D eigenvalue weighted by Crippen LogP contribution is -2.47. The van der Waals surface area contributed by atoms with Crippen LogP contribution >= 0.6 is 0 Å². The van der Waals surface area contributed by atoms with E-state index in [9.17, 15) is 9.59 Å². The molecule has 3 aromatic carbocycles. The van der Waals surface area contributed by atoms with Crippen molar-refractivity contribution in [1.82, 2.24) is 15.1 Å². The number of carbonyl (C=O) groups is 2. The first-order valence-electron chi connectivity index (χ1n) is 12.5. The number of likely N-dealkylation sites (N-methyl/N-ethyl adjacent to an activating group) is 1. The molecule has 7 nitrogen and oxygen atoms in total. The maximum atomic E-state index is 13.3. The number of piperazine rings is 1. The molecule has 7 heteroatoms. The van der Waals surface area contributed by atoms with E-state index in [0.717, 1.165) is 49.6 Å². The minimum Gasteiger partial charge on any atom is -0.480 e. The summed E-state index contributed by atoms with van der Waals surface area (Å²) in [6, 6.07) is 24.7. The summed E-state index contributed by atoms with van der Waals surface area (Å²) in [5, 5.41) is 6.14. The van der Waals surface area contributed by atoms with E-state index < -0.39 is 6.10 Å². The zero-order chi connectivity index (χ0) is 24.9. The van der Waals surface area contributed by atoms with Gasteiger partial charge in [0.25, 0.3) is 11.8 Å². The van der Waals surface area contributed by atoms with Crippen molar-refractivity contribution in [2.45, 2.75) is 18.6 Å². The van der Waals surface area contributed by atoms with Crippen LogP contribution in [0.5, 0.6) is 5.75 Å². The first kappa shape index (κ1) is 24.0. The van der Waals surface area contributed by atoms with Crippen LogP contribution in [0.15, 0.2) is 78.9 Å². The molecule has 2 N–H and O–H groups in total. The monoisotopic (exact) mass is 484 g/mol. The van der Waals surface area contributed by atoms with Crippen molar-refractivity contribution >= 4 is 17.5 Å². The number of hydrogen-bond donors (Lipinski definition) is 2. The van der Waals surface area contributed by atoms with Gasteiger partial charge in [-0.05, 0) is 42.4 Å². The van der Waals surface area contributed by atoms with Gasteiger partial charge in [0.15, 0.2) is 6.10 Å². The third-order valence-corrected chi connectivity index (χ3v) is 6.88. The van der Waals surface area contributed by atoms with Crippen molar-refractivity contribution in [3.8, 4) is 5.75 Å². The van der Waals surface area contributed by atoms with E-state index in [1.165, 1.54) is 0 Å². The van der Waals surface area contributed by atoms with Crippen molar-refractivity contribution < 1.29 is 14.3 Å². The number of ether oxygens (including phenoxy) is 1. The maximum absolute atomic E-state index is 13.3. The zero-order valence-electron chi connectivity index (χ0n) is 20.5. The van der Waals surface area contributed by atoms with Crippen molar-refractivity contribution in [2.75, 3.05) is 45.1 Å². The Labute approximate surface area is 212 Å². The molecule has 186 valence electrons. The molecule has 2 unspecified atom stereocenters. The first-order valence-corrected chi connectivity index (χ1v) is 12.5. The van der Waals surface area contributed by atoms with E-state index in [1.54, 1.807) is 24.3 Å². The first-order chi connectivity index (χ1) is 17.5. The third kappa shape index (κ3) is 5.75. The fraction of sp³-hybridized carbons (Fsp3) is 0.310. The summed E-state index contributed by atoms with van der Waals surface area (Å²) >= 11 is 0. The molecule has 2 amide bonds. The number of para-hydroxylation sites is 1. The lowest BCUT2D eigenvalue weighted by Gasteiger charge is -2.35. The highest BCUT2D eigenvalue weighted by molar-refractivity contribution is 5.98. The van der Waals surface area contributed by atoms with Crippen LogP contribution in [0.1, 0.15) is 27.5 Å². The van der Waals surface area contributed by atoms with Gasteiger partial charge < -0.3 is 20.3 Å². The molecular formula is C29H32N4O3. The topological polar surface area (TPSA) is 73.9 Å². The van der Waals surface area contributed by atoms with Crippen molar-refractivity contribution in [2.24, 2.45) is 0 Å². The van der Waals surface area contributed by atoms with E-state index in [0.29, 0.717) is 17.7 Å². The minimum absolute atomic E-state index is 0.134. The number of benzene rings is 3. The fourth-order valence-electron chi connectivity index (χ4n) is 4.74. The number of fused-ring (bicyclic) bond motifs is 1. The number of rotatable bonds is 7. The van der Waals surface area contributed by atoms with Crippen LogP contribution in [0, 0.1) is 0 Å². The van der Waals surface area contributed by atoms with Crippen LogP contribution in [0.4, 0.5) is 5.69 Å². The van der Waals surface area contributed by atoms with E-state index in [-0.39, 0.29) is 17.9 Å². The molecule has 2 atom stereocenters. The van der Waals surface area contributed by atoms with Gasteiger partial charge in [0.2, 0.25) is 0 Å². The Morgan fingerprint density at radius 2 is 1.69 bits per heavy atom. The highest BCUT2D eigenvalue weighted by Gasteiger charge is 2.29. The molecule has 5 rings (SSSR count). The molecular weight excluding hydrogens is 452 g/mol. The predicted octanol–water partition coefficient (Wildman–Crippen LogP) is 3.35. The summed E-state index contributed by atoms with van der Waals surface area (Å²) in [5.74, 6) is 0.359. The van der Waals surface area contributed by atoms with Gasteiger partial charge in [-0.25, -0.2) is 0 Å². The number of nitrogens with zero attached hydrogens (tertiary/aromatic N) is 2. The smallest absolute Gasteiger partial charge is 0.265 e. The normalized spacial score (nSPS) is 18.6. The van der Waals surface area contributed by atoms with E-state index in [4.69, 9.17) is 4.74 Å². The SMILES string of the molecule is CN1CCN(CC(NC(=O)c2cccc(NC(=O)C3Cc4ccccc4O3)c2)c2ccccc2)CC1. The number of carbonyl (C=O) groups excluding carboxylic acids is 2. The Morgan fingerprint density at radius 3 is 2.47 bits per heavy atom. The summed E-state index contributed by atoms with van der Waals surface area (Å²) < 4.78 is 5.80. The Bertz CT molecular complexity index is 1180. The quantitative estimate of drug-likeness (QED) is 0.538. The highest BCUT2D eigenvalue weighted by Crippen LogP contribution is 2.28. The zero-order valence-corrected chi connectivity index (χ0v) is 20.5. The standard InChI is InChI=1S/C29H32N4O3/c1-32-14-16-33(17-15-32)20-25(21-8-3-2-4-9-21)31-28(34)23-11-7-12-24(18-23)30-29(35)27-19-22-10-5-6-13-26(22)36-27/h2-13,18,25,27H,14-17,19-20H2,1H3,(H,30,35)(H,31,34). The largest absolute Gasteiger partial charge is 0.480 e. The van der Waals surface area contributed by atoms with Crippen LogP contribution in [0.2, 0.25) is 0 Å². The number of anilines is 1. The van der Waals surface area contributed by atoms with Crippen LogP contribution in [-0.4, -0.2) is 67.5 Å². The third-order valence-electron chi connectivity index (χ3n) is 6.88. The molecule has 1 saturated heterocycles. The lowest BCUT2D eigenvalue weighted by molar-refractivity contribution is -0.122. The average Bonchev–Trinajstić information content (AvgIpc) is 3.35. The van der Waals surface area contributed by atoms with Gasteiger partial charge >= 0.3 is 0 Å². The second-order valence-corrected chi connectivity index (χ2v) is 9.53. The molecule has 0 radical (unpaired) electrons. The van der Waals surface area contributed by atoms with Crippen LogP contribution < -0.4 is 15.4 Å². The van der Waals surface area contributed by atoms with Gasteiger partial charge in [0, 0.05) is 50.4 Å². The summed E-state index contributed by atoms with van der Waals surface area (Å²) in [4.78, 5) is 30.8. The summed E-state index contributed by atoms with van der Waals surface area (Å²) in [7, 11) is 2.14. The summed E-state index contributed by atoms with van der Waals surface area (Å²) in [6.07, 6.45) is -0.0429. The molecule has 2 heterocycles. The van der Waals surface area contributed by atoms with Crippen LogP contribution in [0.25, 0.3) is 0 Å². The predicted molar refractivity (Wildman–Crippen MR) is 140 cm³/mol. The highest BCUT2D eigenvalue weighted by atomic mass is 16.5. The van der Waals surface area contributed by atoms with Crippen LogP contribution in [-0.2, 0) is 11.2 Å². The Morgan fingerprint density at radius 1 is 0.944 bits per heavy atom. The molecule has 0 bridgehead atoms. The second-order valence-electron chi connectivity index (χ2n) is 9.53. The van der Waals surface area contributed by atoms with E-state index >= 15 is 0 Å². The Balaban J connectivity index is 1.25. The molecule has 2 aliphatic rings. The second kappa shape index (κ2) is 10.9. The molecule has 3 aromatic rings. The van der Waals surface area contributed by atoms with Gasteiger partial charge in [0.05, 0.1) is 6.04 Å². The summed E-state index contributed by atoms with van der Waals surface area (Å²) in [5.41, 5.74) is 3.18. The maximum Gasteiger partial charge on any atom is 0.265 e. The molecule has 1 fully saturated rings. The van der Waals surface area contributed by atoms with E-state index in [2.05, 4.69) is 39.6 Å². The van der Waals surface area contributed by atoms with Crippen molar-refractivity contribution in [1.29, 1.82) is 0 Å². The molecule has 0 spiro atoms. The molecule has 0 aromatic heterocycles. The molecule has 36 heavy (non-hydrogen) atoms. The van der Waals surface area contributed by atoms with Crippen molar-refractivity contribution in [3.63, 3.8) is 0 Å².